The molecular weight excluding hydrogens is 351 g/mol. The number of benzene rings is 1. The Balaban J connectivity index is 0. The number of phenolic OH excluding ortho intramolecular Hbond substituents is 1. The van der Waals surface area contributed by atoms with E-state index in [4.69, 9.17) is 17.5 Å². The summed E-state index contributed by atoms with van der Waals surface area (Å²) in [6.07, 6.45) is 10.6. The first kappa shape index (κ1) is 27.1. The molecule has 1 aromatic carbocycles. The van der Waals surface area contributed by atoms with Crippen LogP contribution in [0.4, 0.5) is 0 Å². The van der Waals surface area contributed by atoms with Crippen molar-refractivity contribution < 1.29 is 22.6 Å². The summed E-state index contributed by atoms with van der Waals surface area (Å²) in [4.78, 5) is 0. The molecule has 0 radical (unpaired) electrons. The van der Waals surface area contributed by atoms with E-state index >= 15 is 0 Å². The van der Waals surface area contributed by atoms with Crippen molar-refractivity contribution in [3.63, 3.8) is 0 Å². The van der Waals surface area contributed by atoms with E-state index in [1.54, 1.807) is 0 Å². The van der Waals surface area contributed by atoms with Gasteiger partial charge in [-0.3, -0.25) is 9.11 Å². The zero-order chi connectivity index (χ0) is 18.6. The van der Waals surface area contributed by atoms with Crippen molar-refractivity contribution in [2.75, 3.05) is 0 Å². The van der Waals surface area contributed by atoms with Gasteiger partial charge in [0.05, 0.1) is 0 Å². The summed E-state index contributed by atoms with van der Waals surface area (Å²) in [5.41, 5.74) is 4.15. The van der Waals surface area contributed by atoms with E-state index in [1.165, 1.54) is 55.2 Å². The molecule has 0 heterocycles. The van der Waals surface area contributed by atoms with Gasteiger partial charge < -0.3 is 5.11 Å². The van der Waals surface area contributed by atoms with Gasteiger partial charge in [-0.15, -0.1) is 0 Å². The van der Waals surface area contributed by atoms with Crippen LogP contribution >= 0.6 is 0 Å². The summed E-state index contributed by atoms with van der Waals surface area (Å²) in [6, 6.07) is 4.05. The Bertz CT molecular complexity index is 565. The molecule has 0 aliphatic heterocycles. The molecule has 3 N–H and O–H groups in total. The summed E-state index contributed by atoms with van der Waals surface area (Å²) < 4.78 is 31.6. The molecule has 1 aromatic rings. The summed E-state index contributed by atoms with van der Waals surface area (Å²) in [6.45, 7) is 6.69. The third kappa shape index (κ3) is 13.7. The predicted molar refractivity (Wildman–Crippen MR) is 105 cm³/mol. The fraction of sp³-hybridized carbons (Fsp3) is 0.667. The van der Waals surface area contributed by atoms with Crippen LogP contribution in [0.2, 0.25) is 0 Å². The zero-order valence-corrected chi connectivity index (χ0v) is 15.9. The number of hydrogen-bond acceptors (Lipinski definition) is 3. The van der Waals surface area contributed by atoms with Crippen molar-refractivity contribution in [1.29, 1.82) is 0 Å². The second-order valence-corrected chi connectivity index (χ2v) is 6.86. The first-order valence-electron chi connectivity index (χ1n) is 8.76. The van der Waals surface area contributed by atoms with Gasteiger partial charge in [0, 0.05) is 0 Å². The van der Waals surface area contributed by atoms with Gasteiger partial charge in [0.25, 0.3) is 0 Å². The SMILES string of the molecule is CCCCc1ccc(O)c(CCCC)c1CCCC.O=S(=O)(O)O.[NaH]. The molecule has 0 aliphatic rings. The first-order chi connectivity index (χ1) is 11.2. The Morgan fingerprint density at radius 2 is 1.20 bits per heavy atom. The number of aryl methyl sites for hydroxylation is 1. The Hall–Kier alpha value is -0.110. The van der Waals surface area contributed by atoms with Crippen molar-refractivity contribution >= 4 is 40.0 Å². The second kappa shape index (κ2) is 15.0. The molecule has 0 bridgehead atoms. The Labute approximate surface area is 175 Å². The van der Waals surface area contributed by atoms with Crippen LogP contribution in [0.15, 0.2) is 12.1 Å². The monoisotopic (exact) mass is 384 g/mol. The molecule has 0 saturated carbocycles. The molecule has 7 heteroatoms. The molecule has 0 unspecified atom stereocenters. The topological polar surface area (TPSA) is 94.8 Å². The minimum absolute atomic E-state index is 0. The molecule has 0 amide bonds. The maximum atomic E-state index is 10.2. The Morgan fingerprint density at radius 1 is 0.800 bits per heavy atom. The van der Waals surface area contributed by atoms with E-state index in [1.807, 2.05) is 6.07 Å². The Morgan fingerprint density at radius 3 is 1.64 bits per heavy atom. The third-order valence-corrected chi connectivity index (χ3v) is 3.86. The number of aromatic hydroxyl groups is 1. The summed E-state index contributed by atoms with van der Waals surface area (Å²) in [5, 5.41) is 10.2. The molecule has 0 aromatic heterocycles. The van der Waals surface area contributed by atoms with Crippen LogP contribution in [0, 0.1) is 0 Å². The number of rotatable bonds is 9. The normalized spacial score (nSPS) is 10.6. The molecule has 5 nitrogen and oxygen atoms in total. The fourth-order valence-electron chi connectivity index (χ4n) is 2.63. The molecule has 0 aliphatic carbocycles. The van der Waals surface area contributed by atoms with Crippen LogP contribution < -0.4 is 0 Å². The van der Waals surface area contributed by atoms with Crippen LogP contribution in [0.25, 0.3) is 0 Å². The van der Waals surface area contributed by atoms with E-state index in [9.17, 15) is 5.11 Å². The van der Waals surface area contributed by atoms with Crippen LogP contribution in [0.1, 0.15) is 76.0 Å². The van der Waals surface area contributed by atoms with Crippen molar-refractivity contribution in [1.82, 2.24) is 0 Å². The summed E-state index contributed by atoms with van der Waals surface area (Å²) >= 11 is 0. The van der Waals surface area contributed by atoms with E-state index in [0.29, 0.717) is 5.75 Å². The quantitative estimate of drug-likeness (QED) is 0.440. The molecular formula is C18H33NaO5S. The van der Waals surface area contributed by atoms with E-state index in [0.717, 1.165) is 19.3 Å². The van der Waals surface area contributed by atoms with Gasteiger partial charge in [0.15, 0.2) is 0 Å². The zero-order valence-electron chi connectivity index (χ0n) is 15.1. The predicted octanol–water partition coefficient (Wildman–Crippen LogP) is 4.12. The van der Waals surface area contributed by atoms with Gasteiger partial charge in [0.2, 0.25) is 0 Å². The molecule has 0 fully saturated rings. The van der Waals surface area contributed by atoms with Gasteiger partial charge in [-0.25, -0.2) is 0 Å². The average molecular weight is 385 g/mol. The maximum absolute atomic E-state index is 10.2. The van der Waals surface area contributed by atoms with Crippen LogP contribution in [0.3, 0.4) is 0 Å². The van der Waals surface area contributed by atoms with Crippen molar-refractivity contribution in [3.05, 3.63) is 28.8 Å². The molecule has 1 rings (SSSR count). The average Bonchev–Trinajstić information content (AvgIpc) is 2.49. The van der Waals surface area contributed by atoms with Crippen molar-refractivity contribution in [2.45, 2.75) is 78.6 Å². The van der Waals surface area contributed by atoms with Gasteiger partial charge in [0.1, 0.15) is 5.75 Å². The Kier molecular flexibility index (Phi) is 16.3. The number of phenols is 1. The fourth-order valence-corrected chi connectivity index (χ4v) is 2.63. The summed E-state index contributed by atoms with van der Waals surface area (Å²) in [5.74, 6) is 0.514. The van der Waals surface area contributed by atoms with Crippen LogP contribution in [-0.4, -0.2) is 52.2 Å². The van der Waals surface area contributed by atoms with E-state index < -0.39 is 10.4 Å². The molecule has 0 saturated heterocycles. The first-order valence-corrected chi connectivity index (χ1v) is 10.2. The second-order valence-electron chi connectivity index (χ2n) is 5.96. The summed E-state index contributed by atoms with van der Waals surface area (Å²) in [7, 11) is -4.67. The standard InChI is InChI=1S/C18H30O.Na.H2O4S.H/c1-4-7-10-15-13-14-18(19)17(12-9-6-3)16(15)11-8-5-2;;1-5(2,3)4;/h13-14,19H,4-12H2,1-3H3;;(H2,1,2,3,4);. The minimum atomic E-state index is -4.67. The van der Waals surface area contributed by atoms with Crippen molar-refractivity contribution in [3.8, 4) is 5.75 Å². The molecule has 0 atom stereocenters. The van der Waals surface area contributed by atoms with Crippen LogP contribution in [-0.2, 0) is 29.7 Å². The van der Waals surface area contributed by atoms with Gasteiger partial charge in [-0.1, -0.05) is 46.1 Å². The van der Waals surface area contributed by atoms with Gasteiger partial charge in [-0.2, -0.15) is 8.42 Å². The molecule has 142 valence electrons. The van der Waals surface area contributed by atoms with Crippen molar-refractivity contribution in [2.24, 2.45) is 0 Å². The molecule has 25 heavy (non-hydrogen) atoms. The molecule has 0 spiro atoms. The van der Waals surface area contributed by atoms with E-state index in [2.05, 4.69) is 26.8 Å². The van der Waals surface area contributed by atoms with Crippen LogP contribution in [0.5, 0.6) is 5.75 Å². The number of hydrogen-bond donors (Lipinski definition) is 3. The number of unbranched alkanes of at least 4 members (excludes halogenated alkanes) is 3. The van der Waals surface area contributed by atoms with Gasteiger partial charge in [-0.05, 0) is 61.3 Å². The van der Waals surface area contributed by atoms with Gasteiger partial charge >= 0.3 is 40.0 Å². The van der Waals surface area contributed by atoms with E-state index in [-0.39, 0.29) is 29.6 Å². The third-order valence-electron chi connectivity index (χ3n) is 3.86.